The SMILES string of the molecule is Cc1ccc(C(=O)CN2CCN(S(=O)(=O)c3c(C)n[nH]c3C)CC2)cc1. The molecule has 1 aromatic carbocycles. The maximum Gasteiger partial charge on any atom is 0.246 e. The molecule has 0 atom stereocenters. The molecule has 0 radical (unpaired) electrons. The zero-order chi connectivity index (χ0) is 18.9. The number of hydrogen-bond donors (Lipinski definition) is 1. The Kier molecular flexibility index (Phi) is 5.27. The molecule has 0 unspecified atom stereocenters. The van der Waals surface area contributed by atoms with Crippen molar-refractivity contribution in [3.63, 3.8) is 0 Å². The van der Waals surface area contributed by atoms with Crippen molar-refractivity contribution in [2.75, 3.05) is 32.7 Å². The van der Waals surface area contributed by atoms with Crippen LogP contribution in [0.5, 0.6) is 0 Å². The van der Waals surface area contributed by atoms with E-state index in [1.165, 1.54) is 4.31 Å². The van der Waals surface area contributed by atoms with Crippen LogP contribution in [0.2, 0.25) is 0 Å². The van der Waals surface area contributed by atoms with Crippen molar-refractivity contribution in [3.8, 4) is 0 Å². The monoisotopic (exact) mass is 376 g/mol. The Morgan fingerprint density at radius 1 is 1.08 bits per heavy atom. The zero-order valence-electron chi connectivity index (χ0n) is 15.3. The van der Waals surface area contributed by atoms with Gasteiger partial charge in [-0.1, -0.05) is 29.8 Å². The highest BCUT2D eigenvalue weighted by molar-refractivity contribution is 7.89. The highest BCUT2D eigenvalue weighted by Crippen LogP contribution is 2.22. The number of piperazine rings is 1. The van der Waals surface area contributed by atoms with Crippen LogP contribution in [-0.2, 0) is 10.0 Å². The summed E-state index contributed by atoms with van der Waals surface area (Å²) in [5, 5.41) is 6.71. The summed E-state index contributed by atoms with van der Waals surface area (Å²) in [6.07, 6.45) is 0. The molecule has 1 aromatic heterocycles. The molecule has 8 heteroatoms. The molecule has 0 amide bonds. The summed E-state index contributed by atoms with van der Waals surface area (Å²) in [6, 6.07) is 7.52. The minimum absolute atomic E-state index is 0.0582. The third-order valence-electron chi connectivity index (χ3n) is 4.73. The van der Waals surface area contributed by atoms with E-state index < -0.39 is 10.0 Å². The summed E-state index contributed by atoms with van der Waals surface area (Å²) in [5.41, 5.74) is 2.85. The molecule has 1 saturated heterocycles. The van der Waals surface area contributed by atoms with E-state index in [0.717, 1.165) is 5.56 Å². The number of H-pyrrole nitrogens is 1. The predicted octanol–water partition coefficient (Wildman–Crippen LogP) is 1.52. The molecule has 140 valence electrons. The van der Waals surface area contributed by atoms with Gasteiger partial charge in [0, 0.05) is 31.7 Å². The van der Waals surface area contributed by atoms with E-state index in [9.17, 15) is 13.2 Å². The number of rotatable bonds is 5. The number of ketones is 1. The second-order valence-electron chi connectivity index (χ2n) is 6.73. The van der Waals surface area contributed by atoms with Gasteiger partial charge in [0.15, 0.2) is 5.78 Å². The van der Waals surface area contributed by atoms with E-state index in [0.29, 0.717) is 49.7 Å². The first-order chi connectivity index (χ1) is 12.3. The lowest BCUT2D eigenvalue weighted by atomic mass is 10.1. The van der Waals surface area contributed by atoms with E-state index in [2.05, 4.69) is 10.2 Å². The molecular weight excluding hydrogens is 352 g/mol. The molecule has 3 rings (SSSR count). The Hall–Kier alpha value is -2.03. The van der Waals surface area contributed by atoms with Crippen LogP contribution in [0, 0.1) is 20.8 Å². The molecule has 0 bridgehead atoms. The molecule has 26 heavy (non-hydrogen) atoms. The van der Waals surface area contributed by atoms with Gasteiger partial charge in [-0.15, -0.1) is 0 Å². The van der Waals surface area contributed by atoms with Crippen LogP contribution in [0.3, 0.4) is 0 Å². The lowest BCUT2D eigenvalue weighted by molar-refractivity contribution is 0.0901. The van der Waals surface area contributed by atoms with Crippen molar-refractivity contribution in [2.24, 2.45) is 0 Å². The Labute approximate surface area is 154 Å². The van der Waals surface area contributed by atoms with E-state index in [1.807, 2.05) is 36.1 Å². The summed E-state index contributed by atoms with van der Waals surface area (Å²) >= 11 is 0. The molecule has 1 N–H and O–H groups in total. The van der Waals surface area contributed by atoms with Crippen LogP contribution in [0.4, 0.5) is 0 Å². The van der Waals surface area contributed by atoms with Crippen LogP contribution in [-0.4, -0.2) is 66.3 Å². The van der Waals surface area contributed by atoms with Gasteiger partial charge in [-0.3, -0.25) is 14.8 Å². The number of hydrogen-bond acceptors (Lipinski definition) is 5. The first-order valence-corrected chi connectivity index (χ1v) is 10.1. The molecule has 0 saturated carbocycles. The number of aromatic amines is 1. The molecule has 0 aliphatic carbocycles. The van der Waals surface area contributed by atoms with E-state index in [-0.39, 0.29) is 10.7 Å². The average molecular weight is 376 g/mol. The van der Waals surface area contributed by atoms with Crippen molar-refractivity contribution < 1.29 is 13.2 Å². The number of aromatic nitrogens is 2. The fourth-order valence-corrected chi connectivity index (χ4v) is 4.97. The van der Waals surface area contributed by atoms with Crippen LogP contribution < -0.4 is 0 Å². The van der Waals surface area contributed by atoms with Gasteiger partial charge in [-0.25, -0.2) is 8.42 Å². The van der Waals surface area contributed by atoms with Crippen LogP contribution in [0.1, 0.15) is 27.3 Å². The summed E-state index contributed by atoms with van der Waals surface area (Å²) in [6.45, 7) is 7.50. The largest absolute Gasteiger partial charge is 0.293 e. The third kappa shape index (κ3) is 3.72. The van der Waals surface area contributed by atoms with Gasteiger partial charge in [0.25, 0.3) is 0 Å². The quantitative estimate of drug-likeness (QED) is 0.800. The molecule has 1 aliphatic rings. The molecule has 2 aromatic rings. The molecule has 7 nitrogen and oxygen atoms in total. The number of aryl methyl sites for hydroxylation is 3. The topological polar surface area (TPSA) is 86.4 Å². The van der Waals surface area contributed by atoms with Gasteiger partial charge < -0.3 is 0 Å². The summed E-state index contributed by atoms with van der Waals surface area (Å²) in [4.78, 5) is 14.7. The van der Waals surface area contributed by atoms with Gasteiger partial charge in [-0.2, -0.15) is 9.40 Å². The summed E-state index contributed by atoms with van der Waals surface area (Å²) in [5.74, 6) is 0.0582. The fraction of sp³-hybridized carbons (Fsp3) is 0.444. The molecule has 0 spiro atoms. The van der Waals surface area contributed by atoms with Crippen molar-refractivity contribution in [1.29, 1.82) is 0 Å². The second kappa shape index (κ2) is 7.30. The highest BCUT2D eigenvalue weighted by Gasteiger charge is 2.32. The number of carbonyl (C=O) groups excluding carboxylic acids is 1. The van der Waals surface area contributed by atoms with Crippen LogP contribution in [0.25, 0.3) is 0 Å². The van der Waals surface area contributed by atoms with E-state index >= 15 is 0 Å². The van der Waals surface area contributed by atoms with Gasteiger partial charge in [-0.05, 0) is 20.8 Å². The van der Waals surface area contributed by atoms with Crippen LogP contribution in [0.15, 0.2) is 29.2 Å². The maximum absolute atomic E-state index is 12.9. The maximum atomic E-state index is 12.9. The van der Waals surface area contributed by atoms with Crippen molar-refractivity contribution in [3.05, 3.63) is 46.8 Å². The molecule has 2 heterocycles. The molecule has 1 aliphatic heterocycles. The fourth-order valence-electron chi connectivity index (χ4n) is 3.21. The number of nitrogens with one attached hydrogen (secondary N) is 1. The normalized spacial score (nSPS) is 16.7. The van der Waals surface area contributed by atoms with Crippen molar-refractivity contribution in [2.45, 2.75) is 25.7 Å². The lowest BCUT2D eigenvalue weighted by Gasteiger charge is -2.33. The van der Waals surface area contributed by atoms with Gasteiger partial charge in [0.05, 0.1) is 17.9 Å². The lowest BCUT2D eigenvalue weighted by Crippen LogP contribution is -2.49. The molecular formula is C18H24N4O3S. The minimum Gasteiger partial charge on any atom is -0.293 e. The van der Waals surface area contributed by atoms with Gasteiger partial charge in [0.2, 0.25) is 10.0 Å². The number of benzene rings is 1. The number of nitrogens with zero attached hydrogens (tertiary/aromatic N) is 3. The first kappa shape index (κ1) is 18.8. The zero-order valence-corrected chi connectivity index (χ0v) is 16.1. The van der Waals surface area contributed by atoms with E-state index in [4.69, 9.17) is 0 Å². The smallest absolute Gasteiger partial charge is 0.246 e. The second-order valence-corrected chi connectivity index (χ2v) is 8.61. The minimum atomic E-state index is -3.56. The Morgan fingerprint density at radius 2 is 1.69 bits per heavy atom. The number of carbonyl (C=O) groups is 1. The third-order valence-corrected chi connectivity index (χ3v) is 6.89. The summed E-state index contributed by atoms with van der Waals surface area (Å²) < 4.78 is 27.2. The van der Waals surface area contributed by atoms with Crippen LogP contribution >= 0.6 is 0 Å². The van der Waals surface area contributed by atoms with Crippen molar-refractivity contribution >= 4 is 15.8 Å². The summed E-state index contributed by atoms with van der Waals surface area (Å²) in [7, 11) is -3.56. The number of Topliss-reactive ketones (excluding diaryl/α,β-unsaturated/α-hetero) is 1. The number of sulfonamides is 1. The Morgan fingerprint density at radius 3 is 2.23 bits per heavy atom. The molecule has 1 fully saturated rings. The van der Waals surface area contributed by atoms with Crippen molar-refractivity contribution in [1.82, 2.24) is 19.4 Å². The Bertz CT molecular complexity index is 876. The Balaban J connectivity index is 1.62. The standard InChI is InChI=1S/C18H24N4O3S/c1-13-4-6-16(7-5-13)17(23)12-21-8-10-22(11-9-21)26(24,25)18-14(2)19-20-15(18)3/h4-7H,8-12H2,1-3H3,(H,19,20). The first-order valence-electron chi connectivity index (χ1n) is 8.63. The van der Waals surface area contributed by atoms with Gasteiger partial charge in [0.1, 0.15) is 4.90 Å². The van der Waals surface area contributed by atoms with Gasteiger partial charge >= 0.3 is 0 Å². The predicted molar refractivity (Wildman–Crippen MR) is 98.8 cm³/mol. The van der Waals surface area contributed by atoms with E-state index in [1.54, 1.807) is 13.8 Å². The highest BCUT2D eigenvalue weighted by atomic mass is 32.2. The average Bonchev–Trinajstić information content (AvgIpc) is 2.95.